The maximum atomic E-state index is 12.6. The average molecular weight is 404 g/mol. The summed E-state index contributed by atoms with van der Waals surface area (Å²) in [5.74, 6) is 0. The van der Waals surface area contributed by atoms with Crippen molar-refractivity contribution >= 4 is 17.1 Å². The zero-order valence-corrected chi connectivity index (χ0v) is 17.1. The molecule has 1 amide bonds. The molecular weight excluding hydrogens is 375 g/mol. The van der Waals surface area contributed by atoms with Gasteiger partial charge in [-0.15, -0.1) is 0 Å². The molecule has 0 saturated carbocycles. The Balaban J connectivity index is 1.42. The van der Waals surface area contributed by atoms with Crippen LogP contribution in [0.25, 0.3) is 11.0 Å². The molecule has 2 saturated heterocycles. The maximum Gasteiger partial charge on any atom is 0.409 e. The lowest BCUT2D eigenvalue weighted by Crippen LogP contribution is -2.52. The number of benzene rings is 1. The SMILES string of the molecule is Cc1ccc2c(c1)[nH]c(=O)n2C1CCN(C2(C)CCN(C(=O)OCCF)C2)CC1. The van der Waals surface area contributed by atoms with Gasteiger partial charge in [-0.05, 0) is 50.8 Å². The number of likely N-dealkylation sites (tertiary alicyclic amines) is 2. The minimum absolute atomic E-state index is 0.0436. The van der Waals surface area contributed by atoms with E-state index in [9.17, 15) is 14.0 Å². The molecule has 2 aliphatic heterocycles. The minimum atomic E-state index is -0.656. The third-order valence-electron chi connectivity index (χ3n) is 6.48. The third-order valence-corrected chi connectivity index (χ3v) is 6.48. The molecule has 1 aromatic carbocycles. The van der Waals surface area contributed by atoms with Gasteiger partial charge in [-0.3, -0.25) is 9.47 Å². The minimum Gasteiger partial charge on any atom is -0.447 e. The number of carbonyl (C=O) groups is 1. The summed E-state index contributed by atoms with van der Waals surface area (Å²) in [7, 11) is 0. The van der Waals surface area contributed by atoms with Gasteiger partial charge in [0.05, 0.1) is 11.0 Å². The Labute approximate surface area is 169 Å². The normalized spacial score (nSPS) is 23.8. The van der Waals surface area contributed by atoms with Gasteiger partial charge in [0.1, 0.15) is 13.3 Å². The summed E-state index contributed by atoms with van der Waals surface area (Å²) < 4.78 is 19.1. The number of hydrogen-bond acceptors (Lipinski definition) is 4. The number of nitrogens with one attached hydrogen (secondary N) is 1. The lowest BCUT2D eigenvalue weighted by atomic mass is 9.93. The van der Waals surface area contributed by atoms with E-state index in [-0.39, 0.29) is 23.9 Å². The lowest BCUT2D eigenvalue weighted by Gasteiger charge is -2.43. The molecule has 29 heavy (non-hydrogen) atoms. The number of aromatic amines is 1. The number of amides is 1. The van der Waals surface area contributed by atoms with Crippen molar-refractivity contribution in [2.24, 2.45) is 0 Å². The predicted molar refractivity (Wildman–Crippen MR) is 109 cm³/mol. The van der Waals surface area contributed by atoms with Crippen LogP contribution in [0.1, 0.15) is 37.8 Å². The van der Waals surface area contributed by atoms with Gasteiger partial charge in [-0.1, -0.05) is 6.07 Å². The predicted octanol–water partition coefficient (Wildman–Crippen LogP) is 2.85. The van der Waals surface area contributed by atoms with Crippen molar-refractivity contribution in [3.63, 3.8) is 0 Å². The van der Waals surface area contributed by atoms with E-state index in [2.05, 4.69) is 16.8 Å². The van der Waals surface area contributed by atoms with Crippen LogP contribution in [0, 0.1) is 6.92 Å². The van der Waals surface area contributed by atoms with Crippen LogP contribution in [0.15, 0.2) is 23.0 Å². The molecule has 2 aromatic rings. The molecule has 1 N–H and O–H groups in total. The van der Waals surface area contributed by atoms with E-state index >= 15 is 0 Å². The molecule has 2 fully saturated rings. The van der Waals surface area contributed by atoms with E-state index in [4.69, 9.17) is 4.74 Å². The van der Waals surface area contributed by atoms with E-state index in [1.807, 2.05) is 29.7 Å². The van der Waals surface area contributed by atoms with Gasteiger partial charge in [0, 0.05) is 37.8 Å². The number of piperidine rings is 1. The molecule has 0 aliphatic carbocycles. The van der Waals surface area contributed by atoms with Crippen molar-refractivity contribution in [1.82, 2.24) is 19.4 Å². The molecule has 1 atom stereocenters. The van der Waals surface area contributed by atoms with Crippen molar-refractivity contribution in [2.75, 3.05) is 39.5 Å². The molecule has 2 aliphatic rings. The van der Waals surface area contributed by atoms with Crippen LogP contribution in [-0.2, 0) is 4.74 Å². The van der Waals surface area contributed by atoms with Gasteiger partial charge >= 0.3 is 11.8 Å². The summed E-state index contributed by atoms with van der Waals surface area (Å²) >= 11 is 0. The Kier molecular flexibility index (Phi) is 5.38. The number of H-pyrrole nitrogens is 1. The molecular formula is C21H29FN4O3. The topological polar surface area (TPSA) is 70.6 Å². The number of aromatic nitrogens is 2. The molecule has 0 bridgehead atoms. The maximum absolute atomic E-state index is 12.6. The van der Waals surface area contributed by atoms with Crippen molar-refractivity contribution in [1.29, 1.82) is 0 Å². The second-order valence-electron chi connectivity index (χ2n) is 8.51. The number of nitrogens with zero attached hydrogens (tertiary/aromatic N) is 3. The number of halogens is 1. The Morgan fingerprint density at radius 1 is 1.31 bits per heavy atom. The van der Waals surface area contributed by atoms with Gasteiger partial charge in [-0.2, -0.15) is 0 Å². The number of ether oxygens (including phenoxy) is 1. The van der Waals surface area contributed by atoms with Gasteiger partial charge in [0.25, 0.3) is 0 Å². The van der Waals surface area contributed by atoms with Crippen molar-refractivity contribution in [3.05, 3.63) is 34.2 Å². The second kappa shape index (κ2) is 7.82. The molecule has 3 heterocycles. The van der Waals surface area contributed by atoms with Crippen LogP contribution in [0.4, 0.5) is 9.18 Å². The smallest absolute Gasteiger partial charge is 0.409 e. The number of carbonyl (C=O) groups excluding carboxylic acids is 1. The number of alkyl halides is 1. The summed E-state index contributed by atoms with van der Waals surface area (Å²) in [5.41, 5.74) is 2.83. The summed E-state index contributed by atoms with van der Waals surface area (Å²) in [6.07, 6.45) is 2.22. The molecule has 1 aromatic heterocycles. The van der Waals surface area contributed by atoms with E-state index in [1.54, 1.807) is 4.90 Å². The van der Waals surface area contributed by atoms with Crippen LogP contribution in [0.2, 0.25) is 0 Å². The molecule has 158 valence electrons. The van der Waals surface area contributed by atoms with E-state index in [1.165, 1.54) is 0 Å². The number of aryl methyl sites for hydroxylation is 1. The average Bonchev–Trinajstić information content (AvgIpc) is 3.26. The zero-order chi connectivity index (χ0) is 20.6. The highest BCUT2D eigenvalue weighted by molar-refractivity contribution is 5.76. The standard InChI is InChI=1S/C21H29FN4O3/c1-15-3-4-18-17(13-15)23-19(27)26(18)16-5-9-25(10-6-16)21(2)7-11-24(14-21)20(28)29-12-8-22/h3-4,13,16H,5-12,14H2,1-2H3,(H,23,27). The monoisotopic (exact) mass is 404 g/mol. The van der Waals surface area contributed by atoms with E-state index in [0.717, 1.165) is 48.9 Å². The largest absolute Gasteiger partial charge is 0.447 e. The first-order valence-electron chi connectivity index (χ1n) is 10.3. The lowest BCUT2D eigenvalue weighted by molar-refractivity contribution is 0.0621. The molecule has 4 rings (SSSR count). The Hall–Kier alpha value is -2.35. The molecule has 8 heteroatoms. The number of rotatable bonds is 4. The number of fused-ring (bicyclic) bond motifs is 1. The molecule has 1 unspecified atom stereocenters. The Morgan fingerprint density at radius 3 is 2.79 bits per heavy atom. The molecule has 0 radical (unpaired) electrons. The summed E-state index contributed by atoms with van der Waals surface area (Å²) in [5, 5.41) is 0. The highest BCUT2D eigenvalue weighted by Crippen LogP contribution is 2.34. The second-order valence-corrected chi connectivity index (χ2v) is 8.51. The highest BCUT2D eigenvalue weighted by Gasteiger charge is 2.42. The van der Waals surface area contributed by atoms with Gasteiger partial charge in [0.15, 0.2) is 0 Å². The fourth-order valence-corrected chi connectivity index (χ4v) is 4.85. The zero-order valence-electron chi connectivity index (χ0n) is 17.1. The van der Waals surface area contributed by atoms with Crippen LogP contribution in [0.5, 0.6) is 0 Å². The first kappa shape index (κ1) is 19.9. The molecule has 7 nitrogen and oxygen atoms in total. The van der Waals surface area contributed by atoms with Crippen LogP contribution < -0.4 is 5.69 Å². The fraction of sp³-hybridized carbons (Fsp3) is 0.619. The van der Waals surface area contributed by atoms with E-state index < -0.39 is 12.8 Å². The summed E-state index contributed by atoms with van der Waals surface area (Å²) in [6.45, 7) is 6.33. The van der Waals surface area contributed by atoms with Crippen molar-refractivity contribution < 1.29 is 13.9 Å². The van der Waals surface area contributed by atoms with Gasteiger partial charge < -0.3 is 14.6 Å². The molecule has 0 spiro atoms. The quantitative estimate of drug-likeness (QED) is 0.851. The highest BCUT2D eigenvalue weighted by atomic mass is 19.1. The number of imidazole rings is 1. The van der Waals surface area contributed by atoms with Crippen molar-refractivity contribution in [2.45, 2.75) is 44.7 Å². The summed E-state index contributed by atoms with van der Waals surface area (Å²) in [4.78, 5) is 31.7. The van der Waals surface area contributed by atoms with Crippen molar-refractivity contribution in [3.8, 4) is 0 Å². The fourth-order valence-electron chi connectivity index (χ4n) is 4.85. The first-order valence-corrected chi connectivity index (χ1v) is 10.3. The Bertz CT molecular complexity index is 947. The van der Waals surface area contributed by atoms with Gasteiger partial charge in [-0.25, -0.2) is 14.0 Å². The van der Waals surface area contributed by atoms with Crippen LogP contribution in [-0.4, -0.2) is 70.4 Å². The van der Waals surface area contributed by atoms with E-state index in [0.29, 0.717) is 13.1 Å². The first-order chi connectivity index (χ1) is 13.9. The Morgan fingerprint density at radius 2 is 2.07 bits per heavy atom. The van der Waals surface area contributed by atoms with Crippen LogP contribution in [0.3, 0.4) is 0 Å². The van der Waals surface area contributed by atoms with Crippen LogP contribution >= 0.6 is 0 Å². The third kappa shape index (κ3) is 3.77. The number of hydrogen-bond donors (Lipinski definition) is 1. The summed E-state index contributed by atoms with van der Waals surface area (Å²) in [6, 6.07) is 6.25. The van der Waals surface area contributed by atoms with Gasteiger partial charge in [0.2, 0.25) is 0 Å².